The summed E-state index contributed by atoms with van der Waals surface area (Å²) in [6.07, 6.45) is -4.52. The van der Waals surface area contributed by atoms with Crippen molar-refractivity contribution in [3.05, 3.63) is 24.0 Å². The molecular weight excluding hydrogens is 328 g/mol. The Balaban J connectivity index is 0.00000441. The van der Waals surface area contributed by atoms with Crippen LogP contribution in [-0.2, 0) is 4.79 Å². The molecule has 0 aliphatic carbocycles. The number of hydrogen-bond donors (Lipinski definition) is 2. The van der Waals surface area contributed by atoms with Gasteiger partial charge in [0.15, 0.2) is 6.61 Å². The number of rotatable bonds is 6. The molecule has 0 fully saturated rings. The zero-order valence-corrected chi connectivity index (χ0v) is 12.8. The van der Waals surface area contributed by atoms with Crippen LogP contribution < -0.4 is 15.4 Å². The lowest BCUT2D eigenvalue weighted by molar-refractivity contribution is -0.153. The van der Waals surface area contributed by atoms with E-state index in [0.29, 0.717) is 6.54 Å². The van der Waals surface area contributed by atoms with Crippen LogP contribution >= 0.6 is 12.4 Å². The number of nitrogens with one attached hydrogen (secondary N) is 2. The molecule has 1 rings (SSSR count). The third-order valence-electron chi connectivity index (χ3n) is 2.55. The van der Waals surface area contributed by atoms with E-state index in [2.05, 4.69) is 15.4 Å². The molecule has 1 aromatic rings. The van der Waals surface area contributed by atoms with Gasteiger partial charge in [-0.05, 0) is 19.2 Å². The van der Waals surface area contributed by atoms with Crippen molar-refractivity contribution in [1.29, 1.82) is 0 Å². The Morgan fingerprint density at radius 2 is 2.00 bits per heavy atom. The molecule has 0 spiro atoms. The normalized spacial score (nSPS) is 12.3. The van der Waals surface area contributed by atoms with Crippen LogP contribution in [0.25, 0.3) is 0 Å². The number of carbonyl (C=O) groups excluding carboxylic acids is 1. The molecule has 0 saturated heterocycles. The SMILES string of the molecule is CNCC(C)C(=O)Nc1cc(F)ccc1OCC(F)(F)F.Cl. The molecule has 1 amide bonds. The second kappa shape index (κ2) is 8.79. The average Bonchev–Trinajstić information content (AvgIpc) is 2.37. The third-order valence-corrected chi connectivity index (χ3v) is 2.55. The number of hydrogen-bond acceptors (Lipinski definition) is 3. The van der Waals surface area contributed by atoms with E-state index in [1.54, 1.807) is 14.0 Å². The lowest BCUT2D eigenvalue weighted by Crippen LogP contribution is -2.29. The molecule has 126 valence electrons. The Morgan fingerprint density at radius 3 is 2.55 bits per heavy atom. The van der Waals surface area contributed by atoms with Crippen LogP contribution in [0.4, 0.5) is 23.2 Å². The summed E-state index contributed by atoms with van der Waals surface area (Å²) in [7, 11) is 1.66. The number of amides is 1. The molecule has 0 bridgehead atoms. The Labute approximate surface area is 131 Å². The number of carbonyl (C=O) groups is 1. The van der Waals surface area contributed by atoms with Crippen molar-refractivity contribution < 1.29 is 27.1 Å². The maximum Gasteiger partial charge on any atom is 0.422 e. The van der Waals surface area contributed by atoms with Crippen molar-refractivity contribution in [3.63, 3.8) is 0 Å². The van der Waals surface area contributed by atoms with Gasteiger partial charge in [0.1, 0.15) is 11.6 Å². The summed E-state index contributed by atoms with van der Waals surface area (Å²) in [6, 6.07) is 2.91. The van der Waals surface area contributed by atoms with E-state index in [1.807, 2.05) is 0 Å². The number of alkyl halides is 3. The predicted octanol–water partition coefficient (Wildman–Crippen LogP) is 2.98. The van der Waals surface area contributed by atoms with Crippen molar-refractivity contribution in [2.75, 3.05) is 25.5 Å². The molecule has 0 aliphatic rings. The maximum atomic E-state index is 13.2. The molecule has 0 radical (unpaired) electrons. The molecular formula is C13H17ClF4N2O2. The lowest BCUT2D eigenvalue weighted by Gasteiger charge is -2.16. The molecule has 0 heterocycles. The summed E-state index contributed by atoms with van der Waals surface area (Å²) >= 11 is 0. The molecule has 0 aromatic heterocycles. The van der Waals surface area contributed by atoms with E-state index in [9.17, 15) is 22.4 Å². The van der Waals surface area contributed by atoms with Crippen LogP contribution in [-0.4, -0.2) is 32.3 Å². The van der Waals surface area contributed by atoms with E-state index in [0.717, 1.165) is 18.2 Å². The Morgan fingerprint density at radius 1 is 1.36 bits per heavy atom. The first-order valence-corrected chi connectivity index (χ1v) is 6.17. The first-order chi connectivity index (χ1) is 9.73. The summed E-state index contributed by atoms with van der Waals surface area (Å²) in [5, 5.41) is 5.15. The van der Waals surface area contributed by atoms with Gasteiger partial charge in [0.25, 0.3) is 0 Å². The Kier molecular flexibility index (Phi) is 8.18. The van der Waals surface area contributed by atoms with Crippen molar-refractivity contribution in [1.82, 2.24) is 5.32 Å². The van der Waals surface area contributed by atoms with Gasteiger partial charge < -0.3 is 15.4 Å². The summed E-state index contributed by atoms with van der Waals surface area (Å²) in [6.45, 7) is 0.481. The smallest absolute Gasteiger partial charge is 0.422 e. The highest BCUT2D eigenvalue weighted by Crippen LogP contribution is 2.28. The number of anilines is 1. The van der Waals surface area contributed by atoms with E-state index < -0.39 is 30.4 Å². The molecule has 0 saturated carbocycles. The van der Waals surface area contributed by atoms with E-state index >= 15 is 0 Å². The molecule has 22 heavy (non-hydrogen) atoms. The monoisotopic (exact) mass is 344 g/mol. The van der Waals surface area contributed by atoms with Crippen molar-refractivity contribution in [2.24, 2.45) is 5.92 Å². The van der Waals surface area contributed by atoms with Crippen LogP contribution in [0.15, 0.2) is 18.2 Å². The molecule has 1 atom stereocenters. The summed E-state index contributed by atoms with van der Waals surface area (Å²) in [5.74, 6) is -1.81. The summed E-state index contributed by atoms with van der Waals surface area (Å²) in [5.41, 5.74) is -0.132. The van der Waals surface area contributed by atoms with E-state index in [4.69, 9.17) is 0 Å². The molecule has 4 nitrogen and oxygen atoms in total. The highest BCUT2D eigenvalue weighted by atomic mass is 35.5. The van der Waals surface area contributed by atoms with Gasteiger partial charge in [0, 0.05) is 18.5 Å². The van der Waals surface area contributed by atoms with Crippen LogP contribution in [0, 0.1) is 11.7 Å². The van der Waals surface area contributed by atoms with Gasteiger partial charge in [-0.2, -0.15) is 13.2 Å². The predicted molar refractivity (Wildman–Crippen MR) is 76.9 cm³/mol. The third kappa shape index (κ3) is 6.95. The van der Waals surface area contributed by atoms with Gasteiger partial charge in [-0.3, -0.25) is 4.79 Å². The minimum Gasteiger partial charge on any atom is -0.482 e. The van der Waals surface area contributed by atoms with Gasteiger partial charge in [-0.25, -0.2) is 4.39 Å². The highest BCUT2D eigenvalue weighted by molar-refractivity contribution is 5.93. The van der Waals surface area contributed by atoms with Crippen LogP contribution in [0.1, 0.15) is 6.92 Å². The van der Waals surface area contributed by atoms with Gasteiger partial charge in [-0.1, -0.05) is 6.92 Å². The van der Waals surface area contributed by atoms with E-state index in [-0.39, 0.29) is 23.8 Å². The minimum atomic E-state index is -4.52. The zero-order chi connectivity index (χ0) is 16.0. The van der Waals surface area contributed by atoms with Crippen LogP contribution in [0.2, 0.25) is 0 Å². The first-order valence-electron chi connectivity index (χ1n) is 6.17. The Hall–Kier alpha value is -1.54. The second-order valence-corrected chi connectivity index (χ2v) is 4.49. The quantitative estimate of drug-likeness (QED) is 0.780. The molecule has 0 aliphatic heterocycles. The van der Waals surface area contributed by atoms with E-state index in [1.165, 1.54) is 0 Å². The van der Waals surface area contributed by atoms with Gasteiger partial charge in [-0.15, -0.1) is 12.4 Å². The van der Waals surface area contributed by atoms with Crippen LogP contribution in [0.3, 0.4) is 0 Å². The van der Waals surface area contributed by atoms with Crippen molar-refractivity contribution in [2.45, 2.75) is 13.1 Å². The second-order valence-electron chi connectivity index (χ2n) is 4.49. The van der Waals surface area contributed by atoms with Crippen LogP contribution in [0.5, 0.6) is 5.75 Å². The highest BCUT2D eigenvalue weighted by Gasteiger charge is 2.29. The molecule has 2 N–H and O–H groups in total. The minimum absolute atomic E-state index is 0. The van der Waals surface area contributed by atoms with Crippen molar-refractivity contribution >= 4 is 24.0 Å². The first kappa shape index (κ1) is 20.5. The lowest BCUT2D eigenvalue weighted by atomic mass is 10.1. The molecule has 1 aromatic carbocycles. The fourth-order valence-corrected chi connectivity index (χ4v) is 1.54. The van der Waals surface area contributed by atoms with Gasteiger partial charge >= 0.3 is 6.18 Å². The fraction of sp³-hybridized carbons (Fsp3) is 0.462. The molecule has 9 heteroatoms. The average molecular weight is 345 g/mol. The number of benzene rings is 1. The number of ether oxygens (including phenoxy) is 1. The summed E-state index contributed by atoms with van der Waals surface area (Å²) < 4.78 is 54.2. The maximum absolute atomic E-state index is 13.2. The van der Waals surface area contributed by atoms with Gasteiger partial charge in [0.2, 0.25) is 5.91 Å². The summed E-state index contributed by atoms with van der Waals surface area (Å²) in [4.78, 5) is 11.8. The number of halogens is 5. The van der Waals surface area contributed by atoms with Gasteiger partial charge in [0.05, 0.1) is 5.69 Å². The largest absolute Gasteiger partial charge is 0.482 e. The fourth-order valence-electron chi connectivity index (χ4n) is 1.54. The standard InChI is InChI=1S/C13H16F4N2O2.ClH/c1-8(6-18-2)12(20)19-10-5-9(14)3-4-11(10)21-7-13(15,16)17;/h3-5,8,18H,6-7H2,1-2H3,(H,19,20);1H. The topological polar surface area (TPSA) is 50.4 Å². The zero-order valence-electron chi connectivity index (χ0n) is 12.0. The molecule has 1 unspecified atom stereocenters. The Bertz CT molecular complexity index is 497. The van der Waals surface area contributed by atoms with Crippen molar-refractivity contribution in [3.8, 4) is 5.75 Å².